The third kappa shape index (κ3) is 5.84. The Labute approximate surface area is 175 Å². The fourth-order valence-corrected chi connectivity index (χ4v) is 3.97. The van der Waals surface area contributed by atoms with Crippen molar-refractivity contribution in [3.63, 3.8) is 0 Å². The number of carbonyl (C=O) groups excluding carboxylic acids is 2. The number of halogens is 3. The lowest BCUT2D eigenvalue weighted by Gasteiger charge is -2.37. The number of piperazine rings is 1. The first-order valence-corrected chi connectivity index (χ1v) is 10.4. The van der Waals surface area contributed by atoms with Crippen molar-refractivity contribution in [2.75, 3.05) is 39.3 Å². The lowest BCUT2D eigenvalue weighted by Crippen LogP contribution is -2.52. The molecule has 30 heavy (non-hydrogen) atoms. The molecule has 0 spiro atoms. The Morgan fingerprint density at radius 1 is 1.10 bits per heavy atom. The molecule has 0 aliphatic carbocycles. The maximum Gasteiger partial charge on any atom is 0.416 e. The van der Waals surface area contributed by atoms with Crippen molar-refractivity contribution in [1.29, 1.82) is 0 Å². The van der Waals surface area contributed by atoms with E-state index in [0.717, 1.165) is 31.5 Å². The molecule has 0 N–H and O–H groups in total. The summed E-state index contributed by atoms with van der Waals surface area (Å²) in [6, 6.07) is 5.17. The number of nitrogens with zero attached hydrogens (tertiary/aromatic N) is 3. The molecule has 1 atom stereocenters. The summed E-state index contributed by atoms with van der Waals surface area (Å²) in [6.45, 7) is 5.48. The number of likely N-dealkylation sites (tertiary alicyclic amines) is 1. The Hall–Kier alpha value is -2.35. The van der Waals surface area contributed by atoms with E-state index in [2.05, 4.69) is 11.8 Å². The summed E-state index contributed by atoms with van der Waals surface area (Å²) in [5, 5.41) is 0. The van der Waals surface area contributed by atoms with Gasteiger partial charge in [-0.15, -0.1) is 0 Å². The molecule has 3 rings (SSSR count). The summed E-state index contributed by atoms with van der Waals surface area (Å²) < 4.78 is 38.4. The number of alkyl halides is 3. The van der Waals surface area contributed by atoms with Crippen molar-refractivity contribution in [2.45, 2.75) is 38.4 Å². The van der Waals surface area contributed by atoms with Gasteiger partial charge in [-0.3, -0.25) is 14.5 Å². The maximum absolute atomic E-state index is 12.8. The molecule has 5 nitrogen and oxygen atoms in total. The second-order valence-electron chi connectivity index (χ2n) is 7.99. The van der Waals surface area contributed by atoms with Crippen molar-refractivity contribution >= 4 is 17.9 Å². The molecule has 1 aromatic carbocycles. The molecule has 1 unspecified atom stereocenters. The van der Waals surface area contributed by atoms with Crippen molar-refractivity contribution < 1.29 is 22.8 Å². The van der Waals surface area contributed by atoms with Crippen LogP contribution in [0.15, 0.2) is 30.3 Å². The van der Waals surface area contributed by atoms with Gasteiger partial charge in [0.1, 0.15) is 0 Å². The zero-order valence-electron chi connectivity index (χ0n) is 17.2. The lowest BCUT2D eigenvalue weighted by molar-refractivity contribution is -0.138. The number of benzene rings is 1. The van der Waals surface area contributed by atoms with Gasteiger partial charge in [0, 0.05) is 44.8 Å². The number of piperidine rings is 1. The third-order valence-electron chi connectivity index (χ3n) is 5.80. The number of hydrogen-bond donors (Lipinski definition) is 0. The molecule has 2 amide bonds. The van der Waals surface area contributed by atoms with Gasteiger partial charge in [-0.2, -0.15) is 13.2 Å². The molecule has 164 valence electrons. The van der Waals surface area contributed by atoms with E-state index in [1.165, 1.54) is 30.7 Å². The zero-order chi connectivity index (χ0) is 21.7. The van der Waals surface area contributed by atoms with Gasteiger partial charge in [-0.25, -0.2) is 0 Å². The Morgan fingerprint density at radius 3 is 2.50 bits per heavy atom. The fraction of sp³-hybridized carbons (Fsp3) is 0.545. The highest BCUT2D eigenvalue weighted by molar-refractivity contribution is 5.91. The average molecular weight is 423 g/mol. The summed E-state index contributed by atoms with van der Waals surface area (Å²) in [6.07, 6.45) is 1.58. The van der Waals surface area contributed by atoms with Gasteiger partial charge in [-0.1, -0.05) is 12.1 Å². The quantitative estimate of drug-likeness (QED) is 0.699. The Morgan fingerprint density at radius 2 is 1.83 bits per heavy atom. The van der Waals surface area contributed by atoms with E-state index in [4.69, 9.17) is 0 Å². The average Bonchev–Trinajstić information content (AvgIpc) is 2.72. The van der Waals surface area contributed by atoms with Crippen LogP contribution in [0.1, 0.15) is 37.3 Å². The van der Waals surface area contributed by atoms with Crippen molar-refractivity contribution in [3.05, 3.63) is 41.5 Å². The SMILES string of the molecule is CC1CCCCN1C(=O)CN1CCN(C(=O)/C=C/c2cccc(C(F)(F)F)c2)CC1. The van der Waals surface area contributed by atoms with Crippen molar-refractivity contribution in [3.8, 4) is 0 Å². The van der Waals surface area contributed by atoms with Gasteiger partial charge in [-0.05, 0) is 50.0 Å². The first-order valence-electron chi connectivity index (χ1n) is 10.4. The molecule has 2 saturated heterocycles. The Kier molecular flexibility index (Phi) is 7.18. The van der Waals surface area contributed by atoms with Crippen LogP contribution in [-0.4, -0.2) is 71.8 Å². The highest BCUT2D eigenvalue weighted by Crippen LogP contribution is 2.29. The minimum absolute atomic E-state index is 0.145. The molecule has 0 radical (unpaired) electrons. The number of hydrogen-bond acceptors (Lipinski definition) is 3. The van der Waals surface area contributed by atoms with Crippen LogP contribution in [0.25, 0.3) is 6.08 Å². The predicted molar refractivity (Wildman–Crippen MR) is 109 cm³/mol. The highest BCUT2D eigenvalue weighted by atomic mass is 19.4. The van der Waals surface area contributed by atoms with Crippen LogP contribution >= 0.6 is 0 Å². The van der Waals surface area contributed by atoms with E-state index in [1.54, 1.807) is 4.90 Å². The molecule has 8 heteroatoms. The highest BCUT2D eigenvalue weighted by Gasteiger charge is 2.30. The van der Waals surface area contributed by atoms with E-state index < -0.39 is 11.7 Å². The largest absolute Gasteiger partial charge is 0.416 e. The van der Waals surface area contributed by atoms with Crippen LogP contribution < -0.4 is 0 Å². The molecule has 2 aliphatic rings. The summed E-state index contributed by atoms with van der Waals surface area (Å²) in [5.74, 6) is -0.0885. The van der Waals surface area contributed by atoms with E-state index in [-0.39, 0.29) is 17.9 Å². The molecular weight excluding hydrogens is 395 g/mol. The minimum Gasteiger partial charge on any atom is -0.339 e. The first-order chi connectivity index (χ1) is 14.2. The second kappa shape index (κ2) is 9.64. The van der Waals surface area contributed by atoms with Gasteiger partial charge in [0.15, 0.2) is 0 Å². The molecule has 0 bridgehead atoms. The maximum atomic E-state index is 12.8. The molecular formula is C22H28F3N3O2. The van der Waals surface area contributed by atoms with Crippen LogP contribution in [0.4, 0.5) is 13.2 Å². The van der Waals surface area contributed by atoms with E-state index in [1.807, 2.05) is 4.90 Å². The van der Waals surface area contributed by atoms with E-state index >= 15 is 0 Å². The summed E-state index contributed by atoms with van der Waals surface area (Å²) in [7, 11) is 0. The molecule has 2 aliphatic heterocycles. The fourth-order valence-electron chi connectivity index (χ4n) is 3.97. The number of rotatable bonds is 4. The molecule has 0 aromatic heterocycles. The van der Waals surface area contributed by atoms with Gasteiger partial charge in [0.25, 0.3) is 0 Å². The molecule has 2 heterocycles. The molecule has 1 aromatic rings. The van der Waals surface area contributed by atoms with Crippen LogP contribution in [0.2, 0.25) is 0 Å². The van der Waals surface area contributed by atoms with Crippen LogP contribution in [-0.2, 0) is 15.8 Å². The van der Waals surface area contributed by atoms with Crippen LogP contribution in [0, 0.1) is 0 Å². The predicted octanol–water partition coefficient (Wildman–Crippen LogP) is 3.26. The summed E-state index contributed by atoms with van der Waals surface area (Å²) in [4.78, 5) is 30.6. The third-order valence-corrected chi connectivity index (χ3v) is 5.80. The minimum atomic E-state index is -4.41. The zero-order valence-corrected chi connectivity index (χ0v) is 17.2. The van der Waals surface area contributed by atoms with Gasteiger partial charge < -0.3 is 9.80 Å². The van der Waals surface area contributed by atoms with Gasteiger partial charge >= 0.3 is 6.18 Å². The lowest BCUT2D eigenvalue weighted by atomic mass is 10.0. The Bertz CT molecular complexity index is 786. The van der Waals surface area contributed by atoms with Gasteiger partial charge in [0.05, 0.1) is 12.1 Å². The monoisotopic (exact) mass is 423 g/mol. The topological polar surface area (TPSA) is 43.9 Å². The van der Waals surface area contributed by atoms with Crippen molar-refractivity contribution in [2.24, 2.45) is 0 Å². The molecule has 0 saturated carbocycles. The Balaban J connectivity index is 1.48. The summed E-state index contributed by atoms with van der Waals surface area (Å²) in [5.41, 5.74) is -0.406. The van der Waals surface area contributed by atoms with Crippen LogP contribution in [0.3, 0.4) is 0 Å². The first kappa shape index (κ1) is 22.3. The van der Waals surface area contributed by atoms with Crippen molar-refractivity contribution in [1.82, 2.24) is 14.7 Å². The number of amides is 2. The van der Waals surface area contributed by atoms with E-state index in [9.17, 15) is 22.8 Å². The standard InChI is InChI=1S/C22H28F3N3O2/c1-17-5-2-3-10-28(17)21(30)16-26-11-13-27(14-12-26)20(29)9-8-18-6-4-7-19(15-18)22(23,24)25/h4,6-9,15,17H,2-3,5,10-14,16H2,1H3/b9-8+. The van der Waals surface area contributed by atoms with E-state index in [0.29, 0.717) is 38.3 Å². The molecule has 2 fully saturated rings. The van der Waals surface area contributed by atoms with Crippen LogP contribution in [0.5, 0.6) is 0 Å². The number of carbonyl (C=O) groups is 2. The second-order valence-corrected chi connectivity index (χ2v) is 7.99. The smallest absolute Gasteiger partial charge is 0.339 e. The van der Waals surface area contributed by atoms with Gasteiger partial charge in [0.2, 0.25) is 11.8 Å². The normalized spacial score (nSPS) is 21.3. The summed E-state index contributed by atoms with van der Waals surface area (Å²) >= 11 is 0.